The molecular weight excluding hydrogens is 320 g/mol. The van der Waals surface area contributed by atoms with E-state index in [0.29, 0.717) is 11.3 Å². The zero-order chi connectivity index (χ0) is 18.1. The Hall–Kier alpha value is -1.49. The van der Waals surface area contributed by atoms with Gasteiger partial charge in [-0.3, -0.25) is 9.59 Å². The van der Waals surface area contributed by atoms with Gasteiger partial charge in [-0.25, -0.2) is 0 Å². The van der Waals surface area contributed by atoms with Gasteiger partial charge in [0, 0.05) is 17.4 Å². The standard InChI is InChI=1S/C19H28N2O2S/c1-12(2)20-16(22)15-11-24-18(19(4,5)6)21(15)17(23)14-10-8-7-9-13(14)3/h7-10,12,15,18H,11H2,1-6H3,(H,20,22)/t15-,18-/m1/s1. The summed E-state index contributed by atoms with van der Waals surface area (Å²) >= 11 is 1.69. The second-order valence-corrected chi connectivity index (χ2v) is 8.87. The molecule has 0 aliphatic carbocycles. The minimum absolute atomic E-state index is 0.0208. The molecule has 0 spiro atoms. The van der Waals surface area contributed by atoms with Crippen molar-refractivity contribution in [1.29, 1.82) is 0 Å². The maximum atomic E-state index is 13.3. The van der Waals surface area contributed by atoms with Crippen molar-refractivity contribution in [1.82, 2.24) is 10.2 Å². The Balaban J connectivity index is 2.38. The van der Waals surface area contributed by atoms with E-state index in [0.717, 1.165) is 5.56 Å². The number of carbonyl (C=O) groups excluding carboxylic acids is 2. The van der Waals surface area contributed by atoms with Crippen molar-refractivity contribution in [3.05, 3.63) is 35.4 Å². The summed E-state index contributed by atoms with van der Waals surface area (Å²) in [7, 11) is 0. The van der Waals surface area contributed by atoms with E-state index < -0.39 is 6.04 Å². The number of amides is 2. The van der Waals surface area contributed by atoms with Crippen LogP contribution in [0.15, 0.2) is 24.3 Å². The molecule has 2 rings (SSSR count). The van der Waals surface area contributed by atoms with Crippen LogP contribution in [0.1, 0.15) is 50.5 Å². The Kier molecular flexibility index (Phi) is 5.63. The molecule has 1 heterocycles. The Morgan fingerprint density at radius 3 is 2.42 bits per heavy atom. The molecule has 5 heteroatoms. The molecule has 0 unspecified atom stereocenters. The van der Waals surface area contributed by atoms with Crippen LogP contribution >= 0.6 is 11.8 Å². The van der Waals surface area contributed by atoms with Gasteiger partial charge < -0.3 is 10.2 Å². The second kappa shape index (κ2) is 7.18. The van der Waals surface area contributed by atoms with Crippen LogP contribution in [0.5, 0.6) is 0 Å². The van der Waals surface area contributed by atoms with Crippen molar-refractivity contribution in [2.75, 3.05) is 5.75 Å². The van der Waals surface area contributed by atoms with Crippen LogP contribution < -0.4 is 5.32 Å². The molecule has 1 aromatic rings. The molecule has 1 fully saturated rings. The average Bonchev–Trinajstić information content (AvgIpc) is 2.91. The number of aryl methyl sites for hydroxylation is 1. The van der Waals surface area contributed by atoms with Crippen molar-refractivity contribution < 1.29 is 9.59 Å². The van der Waals surface area contributed by atoms with Crippen molar-refractivity contribution in [2.24, 2.45) is 5.41 Å². The monoisotopic (exact) mass is 348 g/mol. The summed E-state index contributed by atoms with van der Waals surface area (Å²) in [4.78, 5) is 27.7. The first-order valence-electron chi connectivity index (χ1n) is 8.43. The number of rotatable bonds is 3. The summed E-state index contributed by atoms with van der Waals surface area (Å²) in [5, 5.41) is 2.94. The van der Waals surface area contributed by atoms with E-state index in [1.54, 1.807) is 16.7 Å². The van der Waals surface area contributed by atoms with Crippen molar-refractivity contribution in [2.45, 2.75) is 59.0 Å². The molecule has 2 amide bonds. The van der Waals surface area contributed by atoms with E-state index in [1.165, 1.54) is 0 Å². The molecule has 0 saturated carbocycles. The number of nitrogens with zero attached hydrogens (tertiary/aromatic N) is 1. The predicted molar refractivity (Wildman–Crippen MR) is 100 cm³/mol. The van der Waals surface area contributed by atoms with Gasteiger partial charge in [-0.05, 0) is 37.8 Å². The van der Waals surface area contributed by atoms with Crippen LogP contribution in [0, 0.1) is 12.3 Å². The Morgan fingerprint density at radius 1 is 1.25 bits per heavy atom. The molecule has 0 bridgehead atoms. The third kappa shape index (κ3) is 3.94. The molecule has 1 aliphatic rings. The van der Waals surface area contributed by atoms with Crippen LogP contribution in [-0.2, 0) is 4.79 Å². The highest BCUT2D eigenvalue weighted by atomic mass is 32.2. The highest BCUT2D eigenvalue weighted by Crippen LogP contribution is 2.41. The van der Waals surface area contributed by atoms with Gasteiger partial charge in [-0.1, -0.05) is 39.0 Å². The third-order valence-corrected chi connectivity index (χ3v) is 5.84. The van der Waals surface area contributed by atoms with Crippen LogP contribution in [0.4, 0.5) is 0 Å². The van der Waals surface area contributed by atoms with E-state index in [1.807, 2.05) is 45.0 Å². The molecule has 4 nitrogen and oxygen atoms in total. The molecule has 0 aromatic heterocycles. The van der Waals surface area contributed by atoms with Gasteiger partial charge in [0.05, 0.1) is 5.37 Å². The molecule has 1 aromatic carbocycles. The topological polar surface area (TPSA) is 49.4 Å². The lowest BCUT2D eigenvalue weighted by Gasteiger charge is -2.37. The van der Waals surface area contributed by atoms with Gasteiger partial charge >= 0.3 is 0 Å². The molecule has 1 saturated heterocycles. The Bertz CT molecular complexity index is 622. The SMILES string of the molecule is Cc1ccccc1C(=O)N1[C@@H](C(=O)NC(C)C)CS[C@@H]1C(C)(C)C. The number of benzene rings is 1. The molecule has 0 radical (unpaired) electrons. The maximum absolute atomic E-state index is 13.3. The summed E-state index contributed by atoms with van der Waals surface area (Å²) in [5.74, 6) is 0.520. The van der Waals surface area contributed by atoms with Crippen LogP contribution in [0.25, 0.3) is 0 Å². The maximum Gasteiger partial charge on any atom is 0.255 e. The van der Waals surface area contributed by atoms with Gasteiger partial charge in [-0.15, -0.1) is 11.8 Å². The Labute approximate surface area is 149 Å². The Morgan fingerprint density at radius 2 is 1.88 bits per heavy atom. The largest absolute Gasteiger partial charge is 0.352 e. The molecule has 1 aliphatic heterocycles. The van der Waals surface area contributed by atoms with Gasteiger partial charge in [0.1, 0.15) is 6.04 Å². The fourth-order valence-corrected chi connectivity index (χ4v) is 4.54. The predicted octanol–water partition coefficient (Wildman–Crippen LogP) is 3.45. The zero-order valence-corrected chi connectivity index (χ0v) is 16.2. The summed E-state index contributed by atoms with van der Waals surface area (Å²) < 4.78 is 0. The summed E-state index contributed by atoms with van der Waals surface area (Å²) in [6.07, 6.45) is 0. The fraction of sp³-hybridized carbons (Fsp3) is 0.579. The fourth-order valence-electron chi connectivity index (χ4n) is 2.96. The highest BCUT2D eigenvalue weighted by Gasteiger charge is 2.46. The number of hydrogen-bond acceptors (Lipinski definition) is 3. The molecule has 24 heavy (non-hydrogen) atoms. The lowest BCUT2D eigenvalue weighted by molar-refractivity contribution is -0.125. The van der Waals surface area contributed by atoms with Crippen molar-refractivity contribution in [3.8, 4) is 0 Å². The van der Waals surface area contributed by atoms with Crippen LogP contribution in [0.2, 0.25) is 0 Å². The zero-order valence-electron chi connectivity index (χ0n) is 15.4. The first-order valence-corrected chi connectivity index (χ1v) is 9.48. The van der Waals surface area contributed by atoms with Crippen LogP contribution in [-0.4, -0.2) is 39.9 Å². The van der Waals surface area contributed by atoms with Crippen molar-refractivity contribution in [3.63, 3.8) is 0 Å². The van der Waals surface area contributed by atoms with Gasteiger partial charge in [0.2, 0.25) is 5.91 Å². The molecule has 1 N–H and O–H groups in total. The molecule has 2 atom stereocenters. The molecular formula is C19H28N2O2S. The summed E-state index contributed by atoms with van der Waals surface area (Å²) in [5.41, 5.74) is 1.52. The van der Waals surface area contributed by atoms with Gasteiger partial charge in [-0.2, -0.15) is 0 Å². The minimum Gasteiger partial charge on any atom is -0.352 e. The minimum atomic E-state index is -0.422. The van der Waals surface area contributed by atoms with Gasteiger partial charge in [0.25, 0.3) is 5.91 Å². The van der Waals surface area contributed by atoms with Gasteiger partial charge in [0.15, 0.2) is 0 Å². The first kappa shape index (κ1) is 18.8. The summed E-state index contributed by atoms with van der Waals surface area (Å²) in [6.45, 7) is 12.2. The summed E-state index contributed by atoms with van der Waals surface area (Å²) in [6, 6.07) is 7.22. The first-order chi connectivity index (χ1) is 11.1. The number of thioether (sulfide) groups is 1. The average molecular weight is 349 g/mol. The van der Waals surface area contributed by atoms with E-state index in [2.05, 4.69) is 26.1 Å². The lowest BCUT2D eigenvalue weighted by atomic mass is 9.94. The quantitative estimate of drug-likeness (QED) is 0.910. The molecule has 132 valence electrons. The van der Waals surface area contributed by atoms with E-state index in [4.69, 9.17) is 0 Å². The van der Waals surface area contributed by atoms with Crippen molar-refractivity contribution >= 4 is 23.6 Å². The number of nitrogens with one attached hydrogen (secondary N) is 1. The second-order valence-electron chi connectivity index (χ2n) is 7.76. The van der Waals surface area contributed by atoms with Crippen LogP contribution in [0.3, 0.4) is 0 Å². The van der Waals surface area contributed by atoms with E-state index in [9.17, 15) is 9.59 Å². The third-order valence-electron chi connectivity index (χ3n) is 4.08. The van der Waals surface area contributed by atoms with E-state index >= 15 is 0 Å². The van der Waals surface area contributed by atoms with E-state index in [-0.39, 0.29) is 28.6 Å². The smallest absolute Gasteiger partial charge is 0.255 e. The number of carbonyl (C=O) groups is 2. The normalized spacial score (nSPS) is 21.2. The highest BCUT2D eigenvalue weighted by molar-refractivity contribution is 8.00. The lowest BCUT2D eigenvalue weighted by Crippen LogP contribution is -2.53. The number of hydrogen-bond donors (Lipinski definition) is 1.